The van der Waals surface area contributed by atoms with Gasteiger partial charge >= 0.3 is 0 Å². The Morgan fingerprint density at radius 3 is 2.58 bits per heavy atom. The molecule has 0 saturated carbocycles. The van der Waals surface area contributed by atoms with Gasteiger partial charge in [0.2, 0.25) is 0 Å². The fourth-order valence-corrected chi connectivity index (χ4v) is 4.83. The molecular weight excluding hydrogens is 354 g/mol. The molecule has 8 heteroatoms. The third-order valence-corrected chi connectivity index (χ3v) is 6.14. The SMILES string of the molecule is O=C(N[C@@H]1CS(=O)(=O)C[C@H]1O)c1ccc2nc(-c3ccccc3)cn2c1. The molecule has 2 N–H and O–H groups in total. The number of imidazole rings is 1. The average Bonchev–Trinajstić information content (AvgIpc) is 3.15. The number of nitrogens with one attached hydrogen (secondary N) is 1. The van der Waals surface area contributed by atoms with Gasteiger partial charge in [0.05, 0.1) is 34.9 Å². The Kier molecular flexibility index (Phi) is 4.01. The number of pyridine rings is 1. The summed E-state index contributed by atoms with van der Waals surface area (Å²) in [5.41, 5.74) is 2.83. The molecule has 1 fully saturated rings. The van der Waals surface area contributed by atoms with Gasteiger partial charge in [0.15, 0.2) is 9.84 Å². The quantitative estimate of drug-likeness (QED) is 0.712. The van der Waals surface area contributed by atoms with Crippen LogP contribution in [0.15, 0.2) is 54.9 Å². The first kappa shape index (κ1) is 16.7. The van der Waals surface area contributed by atoms with Gasteiger partial charge in [-0.2, -0.15) is 0 Å². The second kappa shape index (κ2) is 6.22. The van der Waals surface area contributed by atoms with E-state index in [0.29, 0.717) is 11.2 Å². The molecule has 0 radical (unpaired) electrons. The number of sulfone groups is 1. The van der Waals surface area contributed by atoms with Crippen LogP contribution >= 0.6 is 0 Å². The van der Waals surface area contributed by atoms with E-state index in [1.807, 2.05) is 36.5 Å². The normalized spacial score (nSPS) is 21.7. The molecule has 0 aliphatic carbocycles. The second-order valence-corrected chi connectivity index (χ2v) is 8.55. The van der Waals surface area contributed by atoms with Gasteiger partial charge in [-0.1, -0.05) is 30.3 Å². The van der Waals surface area contributed by atoms with Crippen molar-refractivity contribution < 1.29 is 18.3 Å². The van der Waals surface area contributed by atoms with Crippen LogP contribution in [0.4, 0.5) is 0 Å². The fourth-order valence-electron chi connectivity index (χ4n) is 3.09. The number of hydrogen-bond donors (Lipinski definition) is 2. The molecule has 3 aromatic rings. The summed E-state index contributed by atoms with van der Waals surface area (Å²) in [6.45, 7) is 0. The van der Waals surface area contributed by atoms with Gasteiger partial charge in [-0.05, 0) is 12.1 Å². The largest absolute Gasteiger partial charge is 0.390 e. The van der Waals surface area contributed by atoms with E-state index in [-0.39, 0.29) is 11.5 Å². The Balaban J connectivity index is 1.58. The van der Waals surface area contributed by atoms with Crippen molar-refractivity contribution in [2.45, 2.75) is 12.1 Å². The van der Waals surface area contributed by atoms with Crippen LogP contribution in [0.25, 0.3) is 16.9 Å². The Morgan fingerprint density at radius 2 is 1.88 bits per heavy atom. The van der Waals surface area contributed by atoms with Crippen LogP contribution < -0.4 is 5.32 Å². The number of carbonyl (C=O) groups excluding carboxylic acids is 1. The minimum absolute atomic E-state index is 0.245. The van der Waals surface area contributed by atoms with Crippen molar-refractivity contribution in [2.24, 2.45) is 0 Å². The van der Waals surface area contributed by atoms with Crippen molar-refractivity contribution in [3.05, 3.63) is 60.4 Å². The van der Waals surface area contributed by atoms with Crippen molar-refractivity contribution in [3.8, 4) is 11.3 Å². The summed E-state index contributed by atoms with van der Waals surface area (Å²) in [4.78, 5) is 17.0. The molecule has 2 aromatic heterocycles. The third-order valence-electron chi connectivity index (χ3n) is 4.42. The average molecular weight is 371 g/mol. The molecule has 1 saturated heterocycles. The number of fused-ring (bicyclic) bond motifs is 1. The van der Waals surface area contributed by atoms with E-state index in [2.05, 4.69) is 10.3 Å². The van der Waals surface area contributed by atoms with Crippen molar-refractivity contribution in [2.75, 3.05) is 11.5 Å². The summed E-state index contributed by atoms with van der Waals surface area (Å²) in [7, 11) is -3.31. The van der Waals surface area contributed by atoms with Crippen molar-refractivity contribution in [1.82, 2.24) is 14.7 Å². The number of aliphatic hydroxyl groups is 1. The molecule has 0 spiro atoms. The predicted molar refractivity (Wildman–Crippen MR) is 96.5 cm³/mol. The van der Waals surface area contributed by atoms with Gasteiger partial charge in [0.25, 0.3) is 5.91 Å². The Bertz CT molecular complexity index is 1080. The highest BCUT2D eigenvalue weighted by Gasteiger charge is 2.37. The van der Waals surface area contributed by atoms with Gasteiger partial charge < -0.3 is 14.8 Å². The first-order valence-corrected chi connectivity index (χ1v) is 9.97. The maximum Gasteiger partial charge on any atom is 0.253 e. The van der Waals surface area contributed by atoms with Gasteiger partial charge in [-0.15, -0.1) is 0 Å². The van der Waals surface area contributed by atoms with E-state index >= 15 is 0 Å². The summed E-state index contributed by atoms with van der Waals surface area (Å²) >= 11 is 0. The summed E-state index contributed by atoms with van der Waals surface area (Å²) in [6, 6.07) is 12.3. The number of rotatable bonds is 3. The Hall–Kier alpha value is -2.71. The molecule has 1 aliphatic rings. The van der Waals surface area contributed by atoms with Crippen molar-refractivity contribution >= 4 is 21.4 Å². The maximum atomic E-state index is 12.4. The molecule has 3 heterocycles. The fraction of sp³-hybridized carbons (Fsp3) is 0.222. The van der Waals surface area contributed by atoms with Crippen LogP contribution in [0.5, 0.6) is 0 Å². The number of hydrogen-bond acceptors (Lipinski definition) is 5. The highest BCUT2D eigenvalue weighted by molar-refractivity contribution is 7.91. The topological polar surface area (TPSA) is 101 Å². The molecule has 1 amide bonds. The third kappa shape index (κ3) is 3.21. The van der Waals surface area contributed by atoms with Crippen LogP contribution in [0.3, 0.4) is 0 Å². The summed E-state index contributed by atoms with van der Waals surface area (Å²) in [5, 5.41) is 12.4. The highest BCUT2D eigenvalue weighted by atomic mass is 32.2. The molecule has 0 unspecified atom stereocenters. The van der Waals surface area contributed by atoms with E-state index in [4.69, 9.17) is 0 Å². The summed E-state index contributed by atoms with van der Waals surface area (Å²) in [6.07, 6.45) is 2.39. The molecule has 0 bridgehead atoms. The van der Waals surface area contributed by atoms with Crippen LogP contribution in [0.1, 0.15) is 10.4 Å². The molecule has 1 aliphatic heterocycles. The highest BCUT2D eigenvalue weighted by Crippen LogP contribution is 2.19. The van der Waals surface area contributed by atoms with Gasteiger partial charge in [0.1, 0.15) is 5.65 Å². The van der Waals surface area contributed by atoms with Crippen LogP contribution in [-0.4, -0.2) is 52.5 Å². The van der Waals surface area contributed by atoms with E-state index in [1.165, 1.54) is 0 Å². The Morgan fingerprint density at radius 1 is 1.12 bits per heavy atom. The lowest BCUT2D eigenvalue weighted by atomic mass is 10.2. The van der Waals surface area contributed by atoms with Crippen LogP contribution in [0.2, 0.25) is 0 Å². The lowest BCUT2D eigenvalue weighted by molar-refractivity contribution is 0.0888. The summed E-state index contributed by atoms with van der Waals surface area (Å²) in [5.74, 6) is -0.993. The van der Waals surface area contributed by atoms with E-state index in [0.717, 1.165) is 11.3 Å². The number of benzene rings is 1. The van der Waals surface area contributed by atoms with Gasteiger partial charge in [-0.25, -0.2) is 13.4 Å². The molecule has 134 valence electrons. The zero-order chi connectivity index (χ0) is 18.3. The van der Waals surface area contributed by atoms with E-state index in [9.17, 15) is 18.3 Å². The lowest BCUT2D eigenvalue weighted by Crippen LogP contribution is -2.42. The smallest absolute Gasteiger partial charge is 0.253 e. The first-order chi connectivity index (χ1) is 12.4. The Labute approximate surface area is 150 Å². The van der Waals surface area contributed by atoms with Crippen molar-refractivity contribution in [1.29, 1.82) is 0 Å². The summed E-state index contributed by atoms with van der Waals surface area (Å²) < 4.78 is 24.9. The zero-order valence-electron chi connectivity index (χ0n) is 13.7. The van der Waals surface area contributed by atoms with Gasteiger partial charge in [0, 0.05) is 18.0 Å². The molecule has 7 nitrogen and oxygen atoms in total. The number of carbonyl (C=O) groups is 1. The molecule has 26 heavy (non-hydrogen) atoms. The number of aliphatic hydroxyl groups excluding tert-OH is 1. The van der Waals surface area contributed by atoms with E-state index in [1.54, 1.807) is 22.7 Å². The predicted octanol–water partition coefficient (Wildman–Crippen LogP) is 0.889. The monoisotopic (exact) mass is 371 g/mol. The first-order valence-electron chi connectivity index (χ1n) is 8.15. The molecular formula is C18H17N3O4S. The van der Waals surface area contributed by atoms with Crippen LogP contribution in [0, 0.1) is 0 Å². The standard InChI is InChI=1S/C18H17N3O4S/c22-16-11-26(24,25)10-15(16)20-18(23)13-6-7-17-19-14(9-21(17)8-13)12-4-2-1-3-5-12/h1-9,15-16,22H,10-11H2,(H,20,23)/t15-,16-/m1/s1. The van der Waals surface area contributed by atoms with Crippen LogP contribution in [-0.2, 0) is 9.84 Å². The minimum Gasteiger partial charge on any atom is -0.390 e. The molecule has 1 aromatic carbocycles. The molecule has 4 rings (SSSR count). The lowest BCUT2D eigenvalue weighted by Gasteiger charge is -2.14. The number of amides is 1. The zero-order valence-corrected chi connectivity index (χ0v) is 14.6. The molecule has 2 atom stereocenters. The number of nitrogens with zero attached hydrogens (tertiary/aromatic N) is 2. The maximum absolute atomic E-state index is 12.4. The van der Waals surface area contributed by atoms with Crippen molar-refractivity contribution in [3.63, 3.8) is 0 Å². The van der Waals surface area contributed by atoms with Gasteiger partial charge in [-0.3, -0.25) is 4.79 Å². The minimum atomic E-state index is -3.31. The number of aromatic nitrogens is 2. The van der Waals surface area contributed by atoms with E-state index < -0.39 is 27.9 Å². The second-order valence-electron chi connectivity index (χ2n) is 6.40.